The Morgan fingerprint density at radius 1 is 0.655 bits per heavy atom. The molecule has 0 fully saturated rings. The van der Waals surface area contributed by atoms with Crippen molar-refractivity contribution in [1.82, 2.24) is 39.7 Å². The van der Waals surface area contributed by atoms with Crippen LogP contribution in [0.2, 0.25) is 0 Å². The predicted molar refractivity (Wildman–Crippen MR) is 214 cm³/mol. The van der Waals surface area contributed by atoms with E-state index in [0.29, 0.717) is 25.7 Å². The van der Waals surface area contributed by atoms with Gasteiger partial charge in [-0.25, -0.2) is 9.97 Å². The van der Waals surface area contributed by atoms with Crippen LogP contribution in [0.1, 0.15) is 105 Å². The van der Waals surface area contributed by atoms with Gasteiger partial charge in [-0.1, -0.05) is 41.5 Å². The average Bonchev–Trinajstić information content (AvgIpc) is 3.64. The van der Waals surface area contributed by atoms with Crippen LogP contribution in [0.5, 0.6) is 0 Å². The van der Waals surface area contributed by atoms with E-state index in [1.165, 1.54) is 0 Å². The highest BCUT2D eigenvalue weighted by Gasteiger charge is 2.26. The molecule has 4 atom stereocenters. The third-order valence-electron chi connectivity index (χ3n) is 10.2. The minimum absolute atomic E-state index is 0.0815. The second-order valence-electron chi connectivity index (χ2n) is 15.9. The normalized spacial score (nSPS) is 14.0. The van der Waals surface area contributed by atoms with Crippen LogP contribution in [0.4, 0.5) is 0 Å². The Labute approximate surface area is 325 Å². The number of carbonyl (C=O) groups is 4. The van der Waals surface area contributed by atoms with Gasteiger partial charge in [0, 0.05) is 50.2 Å². The van der Waals surface area contributed by atoms with Crippen molar-refractivity contribution in [3.8, 4) is 0 Å². The SMILES string of the molecule is Cc1nc2cnccc2n1CCCC(C)C(=O)N[C@@H](CC(C)C)C(=O)CCOCCC(=O)[C@H](CC(C)C)NC(=O)C(C)CCCn1c(C)nc2cnccc21. The summed E-state index contributed by atoms with van der Waals surface area (Å²) in [5.41, 5.74) is 3.78. The number of nitrogens with one attached hydrogen (secondary N) is 2. The molecule has 0 radical (unpaired) electrons. The highest BCUT2D eigenvalue weighted by atomic mass is 16.5. The summed E-state index contributed by atoms with van der Waals surface area (Å²) < 4.78 is 10.1. The third-order valence-corrected chi connectivity index (χ3v) is 10.2. The average molecular weight is 759 g/mol. The van der Waals surface area contributed by atoms with Gasteiger partial charge < -0.3 is 24.5 Å². The quantitative estimate of drug-likeness (QED) is 0.0779. The Kier molecular flexibility index (Phi) is 16.5. The van der Waals surface area contributed by atoms with E-state index in [0.717, 1.165) is 59.6 Å². The van der Waals surface area contributed by atoms with E-state index in [2.05, 4.69) is 39.7 Å². The zero-order valence-electron chi connectivity index (χ0n) is 34.1. The number of carbonyl (C=O) groups excluding carboxylic acids is 4. The first-order valence-corrected chi connectivity index (χ1v) is 20.0. The Morgan fingerprint density at radius 2 is 1.05 bits per heavy atom. The van der Waals surface area contributed by atoms with Gasteiger partial charge in [0.15, 0.2) is 11.6 Å². The molecule has 0 aliphatic carbocycles. The van der Waals surface area contributed by atoms with Crippen molar-refractivity contribution in [2.45, 2.75) is 132 Å². The van der Waals surface area contributed by atoms with Crippen molar-refractivity contribution in [3.63, 3.8) is 0 Å². The predicted octanol–water partition coefficient (Wildman–Crippen LogP) is 6.32. The first kappa shape index (κ1) is 43.2. The number of aromatic nitrogens is 6. The molecule has 2 N–H and O–H groups in total. The van der Waals surface area contributed by atoms with Crippen LogP contribution in [-0.2, 0) is 37.0 Å². The molecule has 55 heavy (non-hydrogen) atoms. The number of hydrogen-bond acceptors (Lipinski definition) is 9. The summed E-state index contributed by atoms with van der Waals surface area (Å²) >= 11 is 0. The van der Waals surface area contributed by atoms with E-state index in [9.17, 15) is 19.2 Å². The standard InChI is InChI=1S/C42H62N8O5/c1-27(2)23-33(47-41(53)29(5)11-9-19-49-31(7)45-35-25-43-17-13-37(35)49)39(51)15-21-55-22-16-40(52)34(24-28(3)4)48-42(54)30(6)12-10-20-50-32(8)46-36-26-44-18-14-38(36)50/h13-14,17-18,25-30,33-34H,9-12,15-16,19-24H2,1-8H3,(H,47,53)(H,48,54)/t29?,30?,33-,34-/m0/s1. The fourth-order valence-corrected chi connectivity index (χ4v) is 7.05. The van der Waals surface area contributed by atoms with Crippen molar-refractivity contribution < 1.29 is 23.9 Å². The van der Waals surface area contributed by atoms with Gasteiger partial charge in [0.05, 0.1) is 48.7 Å². The number of hydrogen-bond donors (Lipinski definition) is 2. The maximum atomic E-state index is 13.3. The molecule has 0 aliphatic rings. The van der Waals surface area contributed by atoms with E-state index in [1.54, 1.807) is 24.8 Å². The molecular weight excluding hydrogens is 697 g/mol. The summed E-state index contributed by atoms with van der Waals surface area (Å²) in [5.74, 6) is 1.32. The number of Topliss-reactive ketones (excluding diaryl/α,β-unsaturated/α-hetero) is 2. The molecular formula is C42H62N8O5. The van der Waals surface area contributed by atoms with Gasteiger partial charge in [-0.2, -0.15) is 0 Å². The van der Waals surface area contributed by atoms with Crippen LogP contribution in [0.15, 0.2) is 36.9 Å². The lowest BCUT2D eigenvalue weighted by molar-refractivity contribution is -0.131. The number of aryl methyl sites for hydroxylation is 4. The molecule has 0 saturated heterocycles. The maximum absolute atomic E-state index is 13.3. The molecule has 4 aromatic rings. The molecule has 0 bridgehead atoms. The second-order valence-corrected chi connectivity index (χ2v) is 15.9. The molecule has 4 heterocycles. The molecule has 13 heteroatoms. The smallest absolute Gasteiger partial charge is 0.223 e. The molecule has 0 aromatic carbocycles. The largest absolute Gasteiger partial charge is 0.381 e. The van der Waals surface area contributed by atoms with Gasteiger partial charge in [-0.15, -0.1) is 0 Å². The number of amides is 2. The minimum Gasteiger partial charge on any atom is -0.381 e. The maximum Gasteiger partial charge on any atom is 0.223 e. The Balaban J connectivity index is 1.17. The van der Waals surface area contributed by atoms with E-state index in [4.69, 9.17) is 4.74 Å². The summed E-state index contributed by atoms with van der Waals surface area (Å²) in [5, 5.41) is 6.02. The van der Waals surface area contributed by atoms with Gasteiger partial charge in [0.2, 0.25) is 11.8 Å². The number of imidazole rings is 2. The van der Waals surface area contributed by atoms with E-state index < -0.39 is 12.1 Å². The van der Waals surface area contributed by atoms with Crippen molar-refractivity contribution in [2.24, 2.45) is 23.7 Å². The topological polar surface area (TPSA) is 163 Å². The highest BCUT2D eigenvalue weighted by molar-refractivity contribution is 5.90. The number of rotatable bonds is 24. The molecule has 4 rings (SSSR count). The van der Waals surface area contributed by atoms with E-state index >= 15 is 0 Å². The van der Waals surface area contributed by atoms with Crippen LogP contribution >= 0.6 is 0 Å². The van der Waals surface area contributed by atoms with Gasteiger partial charge in [-0.05, 0) is 76.3 Å². The zero-order valence-corrected chi connectivity index (χ0v) is 34.1. The lowest BCUT2D eigenvalue weighted by Gasteiger charge is -2.22. The van der Waals surface area contributed by atoms with Crippen LogP contribution in [-0.4, -0.2) is 77.7 Å². The number of pyridine rings is 2. The van der Waals surface area contributed by atoms with Crippen LogP contribution in [0, 0.1) is 37.5 Å². The Bertz CT molecular complexity index is 1750. The van der Waals surface area contributed by atoms with Gasteiger partial charge in [0.1, 0.15) is 22.7 Å². The molecule has 2 amide bonds. The van der Waals surface area contributed by atoms with Crippen LogP contribution in [0.3, 0.4) is 0 Å². The number of ether oxygens (including phenoxy) is 1. The number of ketones is 2. The highest BCUT2D eigenvalue weighted by Crippen LogP contribution is 2.19. The number of fused-ring (bicyclic) bond motifs is 2. The van der Waals surface area contributed by atoms with Crippen molar-refractivity contribution in [1.29, 1.82) is 0 Å². The lowest BCUT2D eigenvalue weighted by Crippen LogP contribution is -2.44. The summed E-state index contributed by atoms with van der Waals surface area (Å²) in [6.45, 7) is 17.6. The fraction of sp³-hybridized carbons (Fsp3) is 0.619. The van der Waals surface area contributed by atoms with Gasteiger partial charge in [-0.3, -0.25) is 29.1 Å². The molecule has 0 spiro atoms. The second kappa shape index (κ2) is 21.0. The van der Waals surface area contributed by atoms with Crippen molar-refractivity contribution >= 4 is 45.4 Å². The minimum atomic E-state index is -0.597. The Morgan fingerprint density at radius 3 is 1.44 bits per heavy atom. The monoisotopic (exact) mass is 758 g/mol. The van der Waals surface area contributed by atoms with E-state index in [-0.39, 0.29) is 73.1 Å². The first-order valence-electron chi connectivity index (χ1n) is 20.0. The summed E-state index contributed by atoms with van der Waals surface area (Å²) in [6.07, 6.45) is 11.3. The molecule has 13 nitrogen and oxygen atoms in total. The summed E-state index contributed by atoms with van der Waals surface area (Å²) in [6, 6.07) is 2.71. The molecule has 0 saturated carbocycles. The summed E-state index contributed by atoms with van der Waals surface area (Å²) in [7, 11) is 0. The molecule has 4 aromatic heterocycles. The lowest BCUT2D eigenvalue weighted by atomic mass is 9.96. The van der Waals surface area contributed by atoms with E-state index in [1.807, 2.05) is 67.5 Å². The zero-order chi connectivity index (χ0) is 40.1. The van der Waals surface area contributed by atoms with Crippen molar-refractivity contribution in [3.05, 3.63) is 48.6 Å². The van der Waals surface area contributed by atoms with Gasteiger partial charge >= 0.3 is 0 Å². The van der Waals surface area contributed by atoms with Gasteiger partial charge in [0.25, 0.3) is 0 Å². The summed E-state index contributed by atoms with van der Waals surface area (Å²) in [4.78, 5) is 70.3. The molecule has 2 unspecified atom stereocenters. The Hall–Kier alpha value is -4.52. The number of nitrogens with zero attached hydrogens (tertiary/aromatic N) is 6. The van der Waals surface area contributed by atoms with Crippen LogP contribution < -0.4 is 10.6 Å². The first-order chi connectivity index (χ1) is 26.2. The molecule has 300 valence electrons. The van der Waals surface area contributed by atoms with Crippen LogP contribution in [0.25, 0.3) is 22.1 Å². The van der Waals surface area contributed by atoms with Crippen molar-refractivity contribution in [2.75, 3.05) is 13.2 Å². The third kappa shape index (κ3) is 12.8. The molecule has 0 aliphatic heterocycles. The fourth-order valence-electron chi connectivity index (χ4n) is 7.05.